The van der Waals surface area contributed by atoms with Crippen LogP contribution < -0.4 is 4.90 Å². The van der Waals surface area contributed by atoms with Crippen molar-refractivity contribution in [3.05, 3.63) is 30.1 Å². The summed E-state index contributed by atoms with van der Waals surface area (Å²) in [7, 11) is 0. The van der Waals surface area contributed by atoms with Crippen LogP contribution in [0.25, 0.3) is 11.5 Å². The van der Waals surface area contributed by atoms with Crippen molar-refractivity contribution in [2.24, 2.45) is 0 Å². The van der Waals surface area contributed by atoms with E-state index in [0.29, 0.717) is 24.2 Å². The molecular weight excluding hydrogens is 392 g/mol. The zero-order valence-electron chi connectivity index (χ0n) is 18.4. The number of piperazine rings is 2. The zero-order valence-corrected chi connectivity index (χ0v) is 18.4. The largest absolute Gasteiger partial charge is 0.369 e. The third-order valence-corrected chi connectivity index (χ3v) is 7.00. The predicted molar refractivity (Wildman–Crippen MR) is 119 cm³/mol. The number of rotatable bonds is 5. The summed E-state index contributed by atoms with van der Waals surface area (Å²) in [6.45, 7) is 9.93. The van der Waals surface area contributed by atoms with Crippen molar-refractivity contribution >= 4 is 11.6 Å². The lowest BCUT2D eigenvalue weighted by Gasteiger charge is -2.43. The minimum absolute atomic E-state index is 0.293. The van der Waals surface area contributed by atoms with Crippen molar-refractivity contribution in [1.82, 2.24) is 24.8 Å². The van der Waals surface area contributed by atoms with E-state index in [2.05, 4.69) is 41.9 Å². The normalized spacial score (nSPS) is 21.3. The summed E-state index contributed by atoms with van der Waals surface area (Å²) in [6.07, 6.45) is 4.06. The van der Waals surface area contributed by atoms with Crippen LogP contribution in [0.1, 0.15) is 25.1 Å². The van der Waals surface area contributed by atoms with Gasteiger partial charge < -0.3 is 14.3 Å². The monoisotopic (exact) mass is 424 g/mol. The van der Waals surface area contributed by atoms with E-state index >= 15 is 0 Å². The van der Waals surface area contributed by atoms with Crippen molar-refractivity contribution < 1.29 is 9.32 Å². The summed E-state index contributed by atoms with van der Waals surface area (Å²) < 4.78 is 5.24. The molecule has 1 amide bonds. The smallest absolute Gasteiger partial charge is 0.257 e. The van der Waals surface area contributed by atoms with Gasteiger partial charge in [0.05, 0.1) is 6.54 Å². The van der Waals surface area contributed by atoms with Crippen LogP contribution in [0, 0.1) is 6.92 Å². The maximum Gasteiger partial charge on any atom is 0.257 e. The highest BCUT2D eigenvalue weighted by Gasteiger charge is 2.30. The van der Waals surface area contributed by atoms with E-state index in [1.807, 2.05) is 19.1 Å². The SMILES string of the molecule is Cc1noc(-c2ccc(N3CCN(CC(=O)N4CCN(C5CCC5)CC4)CC3)cc2)n1. The van der Waals surface area contributed by atoms with Gasteiger partial charge in [0, 0.05) is 69.7 Å². The molecule has 0 unspecified atom stereocenters. The van der Waals surface area contributed by atoms with Gasteiger partial charge in [0.15, 0.2) is 5.82 Å². The Hall–Kier alpha value is -2.45. The second-order valence-corrected chi connectivity index (χ2v) is 8.96. The Labute approximate surface area is 183 Å². The maximum atomic E-state index is 12.8. The Morgan fingerprint density at radius 3 is 2.29 bits per heavy atom. The summed E-state index contributed by atoms with van der Waals surface area (Å²) >= 11 is 0. The fourth-order valence-corrected chi connectivity index (χ4v) is 4.77. The second-order valence-electron chi connectivity index (χ2n) is 8.96. The lowest BCUT2D eigenvalue weighted by Crippen LogP contribution is -2.56. The van der Waals surface area contributed by atoms with Gasteiger partial charge in [0.2, 0.25) is 5.91 Å². The van der Waals surface area contributed by atoms with E-state index in [9.17, 15) is 4.79 Å². The molecule has 5 rings (SSSR count). The number of anilines is 1. The first kappa shape index (κ1) is 20.5. The molecule has 2 saturated heterocycles. The standard InChI is InChI=1S/C23H32N6O2/c1-18-24-23(31-25-18)19-5-7-21(8-6-19)27-11-9-26(10-12-27)17-22(30)29-15-13-28(14-16-29)20-3-2-4-20/h5-8,20H,2-4,9-17H2,1H3. The molecule has 2 aromatic rings. The molecule has 8 heteroatoms. The molecule has 2 aliphatic heterocycles. The van der Waals surface area contributed by atoms with Crippen LogP contribution in [0.2, 0.25) is 0 Å². The summed E-state index contributed by atoms with van der Waals surface area (Å²) in [5.74, 6) is 1.49. The van der Waals surface area contributed by atoms with Gasteiger partial charge in [-0.25, -0.2) is 0 Å². The number of hydrogen-bond acceptors (Lipinski definition) is 7. The van der Waals surface area contributed by atoms with Crippen LogP contribution in [0.15, 0.2) is 28.8 Å². The van der Waals surface area contributed by atoms with Crippen LogP contribution in [0.5, 0.6) is 0 Å². The summed E-state index contributed by atoms with van der Waals surface area (Å²) in [5, 5.41) is 3.85. The van der Waals surface area contributed by atoms with E-state index < -0.39 is 0 Å². The van der Waals surface area contributed by atoms with Crippen LogP contribution in [0.3, 0.4) is 0 Å². The van der Waals surface area contributed by atoms with Crippen molar-refractivity contribution in [2.45, 2.75) is 32.2 Å². The average Bonchev–Trinajstić information content (AvgIpc) is 3.20. The maximum absolute atomic E-state index is 12.8. The highest BCUT2D eigenvalue weighted by atomic mass is 16.5. The molecular formula is C23H32N6O2. The first-order valence-electron chi connectivity index (χ1n) is 11.6. The fourth-order valence-electron chi connectivity index (χ4n) is 4.77. The number of carbonyl (C=O) groups excluding carboxylic acids is 1. The Morgan fingerprint density at radius 2 is 1.71 bits per heavy atom. The number of aromatic nitrogens is 2. The van der Waals surface area contributed by atoms with Gasteiger partial charge in [-0.05, 0) is 44.0 Å². The summed E-state index contributed by atoms with van der Waals surface area (Å²) in [6, 6.07) is 9.06. The number of hydrogen-bond donors (Lipinski definition) is 0. The Balaban J connectivity index is 1.08. The molecule has 1 aromatic carbocycles. The summed E-state index contributed by atoms with van der Waals surface area (Å²) in [5.41, 5.74) is 2.13. The van der Waals surface area contributed by atoms with Crippen LogP contribution in [-0.4, -0.2) is 95.7 Å². The Bertz CT molecular complexity index is 878. The van der Waals surface area contributed by atoms with Crippen molar-refractivity contribution in [3.63, 3.8) is 0 Å². The minimum atomic E-state index is 0.293. The molecule has 31 heavy (non-hydrogen) atoms. The first-order valence-corrected chi connectivity index (χ1v) is 11.6. The van der Waals surface area contributed by atoms with E-state index in [4.69, 9.17) is 4.52 Å². The molecule has 1 aromatic heterocycles. The lowest BCUT2D eigenvalue weighted by atomic mass is 9.91. The highest BCUT2D eigenvalue weighted by molar-refractivity contribution is 5.78. The molecule has 0 bridgehead atoms. The van der Waals surface area contributed by atoms with Gasteiger partial charge in [-0.2, -0.15) is 4.98 Å². The molecule has 0 N–H and O–H groups in total. The van der Waals surface area contributed by atoms with Crippen LogP contribution in [0.4, 0.5) is 5.69 Å². The number of nitrogens with zero attached hydrogens (tertiary/aromatic N) is 6. The Morgan fingerprint density at radius 1 is 1.00 bits per heavy atom. The van der Waals surface area contributed by atoms with Crippen molar-refractivity contribution in [1.29, 1.82) is 0 Å². The molecule has 1 aliphatic carbocycles. The molecule has 3 fully saturated rings. The zero-order chi connectivity index (χ0) is 21.2. The molecule has 3 heterocycles. The molecule has 166 valence electrons. The Kier molecular flexibility index (Phi) is 5.91. The number of benzene rings is 1. The first-order chi connectivity index (χ1) is 15.2. The third-order valence-electron chi connectivity index (χ3n) is 7.00. The molecule has 8 nitrogen and oxygen atoms in total. The van der Waals surface area contributed by atoms with Crippen molar-refractivity contribution in [2.75, 3.05) is 63.8 Å². The van der Waals surface area contributed by atoms with Gasteiger partial charge in [0.25, 0.3) is 5.89 Å². The lowest BCUT2D eigenvalue weighted by molar-refractivity contribution is -0.134. The van der Waals surface area contributed by atoms with Gasteiger partial charge in [-0.3, -0.25) is 14.6 Å². The second kappa shape index (κ2) is 8.96. The number of carbonyl (C=O) groups is 1. The highest BCUT2D eigenvalue weighted by Crippen LogP contribution is 2.26. The average molecular weight is 425 g/mol. The van der Waals surface area contributed by atoms with E-state index in [1.165, 1.54) is 24.9 Å². The van der Waals surface area contributed by atoms with Gasteiger partial charge in [0.1, 0.15) is 0 Å². The number of amides is 1. The molecule has 0 radical (unpaired) electrons. The van der Waals surface area contributed by atoms with E-state index in [0.717, 1.165) is 64.0 Å². The topological polar surface area (TPSA) is 69.0 Å². The minimum Gasteiger partial charge on any atom is -0.369 e. The fraction of sp³-hybridized carbons (Fsp3) is 0.609. The number of aryl methyl sites for hydroxylation is 1. The molecule has 0 atom stereocenters. The van der Waals surface area contributed by atoms with E-state index in [-0.39, 0.29) is 0 Å². The van der Waals surface area contributed by atoms with Crippen molar-refractivity contribution in [3.8, 4) is 11.5 Å². The molecule has 1 saturated carbocycles. The quantitative estimate of drug-likeness (QED) is 0.726. The van der Waals surface area contributed by atoms with Gasteiger partial charge in [-0.1, -0.05) is 11.6 Å². The van der Waals surface area contributed by atoms with E-state index in [1.54, 1.807) is 0 Å². The van der Waals surface area contributed by atoms with Crippen LogP contribution >= 0.6 is 0 Å². The third kappa shape index (κ3) is 4.60. The molecule has 0 spiro atoms. The van der Waals surface area contributed by atoms with Gasteiger partial charge >= 0.3 is 0 Å². The predicted octanol–water partition coefficient (Wildman–Crippen LogP) is 1.86. The van der Waals surface area contributed by atoms with Gasteiger partial charge in [-0.15, -0.1) is 0 Å². The van der Waals surface area contributed by atoms with Crippen LogP contribution in [-0.2, 0) is 4.79 Å². The summed E-state index contributed by atoms with van der Waals surface area (Å²) in [4.78, 5) is 26.4. The molecule has 3 aliphatic rings.